The Kier molecular flexibility index (Phi) is 4.25. The van der Waals surface area contributed by atoms with Crippen molar-refractivity contribution in [3.05, 3.63) is 22.2 Å². The Morgan fingerprint density at radius 1 is 1.59 bits per heavy atom. The minimum Gasteiger partial charge on any atom is -0.383 e. The van der Waals surface area contributed by atoms with E-state index in [1.807, 2.05) is 11.9 Å². The fourth-order valence-corrected chi connectivity index (χ4v) is 1.65. The zero-order valence-electron chi connectivity index (χ0n) is 10.4. The topological polar surface area (TPSA) is 85.3 Å². The lowest BCUT2D eigenvalue weighted by molar-refractivity contribution is -0.384. The van der Waals surface area contributed by atoms with Crippen LogP contribution in [-0.4, -0.2) is 23.0 Å². The predicted molar refractivity (Wildman–Crippen MR) is 68.1 cm³/mol. The van der Waals surface area contributed by atoms with E-state index in [0.717, 1.165) is 12.8 Å². The lowest BCUT2D eigenvalue weighted by Gasteiger charge is -2.25. The summed E-state index contributed by atoms with van der Waals surface area (Å²) in [4.78, 5) is 16.3. The smallest absolute Gasteiger partial charge is 0.276 e. The van der Waals surface area contributed by atoms with E-state index < -0.39 is 4.92 Å². The highest BCUT2D eigenvalue weighted by Gasteiger charge is 2.15. The summed E-state index contributed by atoms with van der Waals surface area (Å²) in [6.07, 6.45) is 2.05. The maximum absolute atomic E-state index is 10.7. The van der Waals surface area contributed by atoms with E-state index in [0.29, 0.717) is 5.82 Å². The Balaban J connectivity index is 3.01. The minimum absolute atomic E-state index is 0.0250. The highest BCUT2D eigenvalue weighted by atomic mass is 16.6. The molecule has 0 saturated heterocycles. The van der Waals surface area contributed by atoms with Gasteiger partial charge in [-0.15, -0.1) is 0 Å². The Morgan fingerprint density at radius 2 is 2.24 bits per heavy atom. The number of anilines is 2. The summed E-state index contributed by atoms with van der Waals surface area (Å²) >= 11 is 0. The van der Waals surface area contributed by atoms with Crippen LogP contribution in [0.3, 0.4) is 0 Å². The van der Waals surface area contributed by atoms with Crippen LogP contribution in [0.4, 0.5) is 17.3 Å². The molecule has 1 aromatic rings. The van der Waals surface area contributed by atoms with Crippen LogP contribution < -0.4 is 10.6 Å². The zero-order valence-corrected chi connectivity index (χ0v) is 10.4. The van der Waals surface area contributed by atoms with Crippen molar-refractivity contribution in [1.82, 2.24) is 4.98 Å². The molecule has 17 heavy (non-hydrogen) atoms. The van der Waals surface area contributed by atoms with E-state index in [2.05, 4.69) is 18.8 Å². The van der Waals surface area contributed by atoms with Crippen molar-refractivity contribution in [2.24, 2.45) is 0 Å². The third-order valence-corrected chi connectivity index (χ3v) is 2.76. The SMILES string of the molecule is CCCC(C)N(C)c1cc([N+](=O)[O-])cc(N)n1. The van der Waals surface area contributed by atoms with Crippen molar-refractivity contribution in [1.29, 1.82) is 0 Å². The van der Waals surface area contributed by atoms with Crippen molar-refractivity contribution in [2.75, 3.05) is 17.7 Å². The molecule has 1 heterocycles. The first kappa shape index (κ1) is 13.2. The number of pyridine rings is 1. The minimum atomic E-state index is -0.458. The molecule has 0 aromatic carbocycles. The van der Waals surface area contributed by atoms with Crippen LogP contribution >= 0.6 is 0 Å². The van der Waals surface area contributed by atoms with Gasteiger partial charge in [0.25, 0.3) is 5.69 Å². The zero-order chi connectivity index (χ0) is 13.0. The molecule has 0 radical (unpaired) electrons. The number of nitrogens with two attached hydrogens (primary N) is 1. The highest BCUT2D eigenvalue weighted by Crippen LogP contribution is 2.23. The van der Waals surface area contributed by atoms with E-state index in [1.54, 1.807) is 0 Å². The largest absolute Gasteiger partial charge is 0.383 e. The molecule has 0 aliphatic rings. The van der Waals surface area contributed by atoms with Crippen LogP contribution in [0.2, 0.25) is 0 Å². The van der Waals surface area contributed by atoms with Gasteiger partial charge in [0, 0.05) is 13.1 Å². The van der Waals surface area contributed by atoms with E-state index in [-0.39, 0.29) is 17.5 Å². The van der Waals surface area contributed by atoms with Gasteiger partial charge in [0.15, 0.2) is 0 Å². The van der Waals surface area contributed by atoms with E-state index >= 15 is 0 Å². The number of hydrogen-bond acceptors (Lipinski definition) is 5. The first-order chi connectivity index (χ1) is 7.95. The van der Waals surface area contributed by atoms with Gasteiger partial charge in [-0.3, -0.25) is 10.1 Å². The molecule has 0 fully saturated rings. The first-order valence-electron chi connectivity index (χ1n) is 5.60. The average molecular weight is 238 g/mol. The third kappa shape index (κ3) is 3.30. The fourth-order valence-electron chi connectivity index (χ4n) is 1.65. The van der Waals surface area contributed by atoms with Gasteiger partial charge in [-0.2, -0.15) is 0 Å². The van der Waals surface area contributed by atoms with E-state index in [4.69, 9.17) is 5.73 Å². The number of aromatic nitrogens is 1. The Bertz CT molecular complexity index is 408. The second-order valence-corrected chi connectivity index (χ2v) is 4.11. The third-order valence-electron chi connectivity index (χ3n) is 2.76. The molecule has 1 unspecified atom stereocenters. The summed E-state index contributed by atoms with van der Waals surface area (Å²) in [5.41, 5.74) is 5.54. The summed E-state index contributed by atoms with van der Waals surface area (Å²) in [5.74, 6) is 0.711. The van der Waals surface area contributed by atoms with E-state index in [9.17, 15) is 10.1 Å². The normalized spacial score (nSPS) is 12.2. The molecule has 6 heteroatoms. The molecule has 94 valence electrons. The van der Waals surface area contributed by atoms with Gasteiger partial charge in [0.2, 0.25) is 0 Å². The van der Waals surface area contributed by atoms with Crippen molar-refractivity contribution < 1.29 is 4.92 Å². The summed E-state index contributed by atoms with van der Waals surface area (Å²) in [6.45, 7) is 4.15. The molecule has 1 aromatic heterocycles. The Hall–Kier alpha value is -1.85. The van der Waals surface area contributed by atoms with Gasteiger partial charge < -0.3 is 10.6 Å². The average Bonchev–Trinajstić information content (AvgIpc) is 2.27. The monoisotopic (exact) mass is 238 g/mol. The quantitative estimate of drug-likeness (QED) is 0.627. The molecule has 0 aliphatic carbocycles. The molecular formula is C11H18N4O2. The molecule has 0 aliphatic heterocycles. The number of nitro groups is 1. The summed E-state index contributed by atoms with van der Waals surface area (Å²) in [7, 11) is 1.87. The van der Waals surface area contributed by atoms with Gasteiger partial charge >= 0.3 is 0 Å². The molecular weight excluding hydrogens is 220 g/mol. The lowest BCUT2D eigenvalue weighted by atomic mass is 10.2. The molecule has 1 atom stereocenters. The number of rotatable bonds is 5. The van der Waals surface area contributed by atoms with Crippen molar-refractivity contribution in [3.8, 4) is 0 Å². The van der Waals surface area contributed by atoms with Crippen LogP contribution in [0, 0.1) is 10.1 Å². The van der Waals surface area contributed by atoms with Gasteiger partial charge in [0.1, 0.15) is 11.6 Å². The van der Waals surface area contributed by atoms with E-state index in [1.165, 1.54) is 12.1 Å². The summed E-state index contributed by atoms with van der Waals surface area (Å²) in [6, 6.07) is 2.98. The molecule has 0 bridgehead atoms. The highest BCUT2D eigenvalue weighted by molar-refractivity contribution is 5.54. The molecule has 6 nitrogen and oxygen atoms in total. The van der Waals surface area contributed by atoms with Crippen LogP contribution in [0.15, 0.2) is 12.1 Å². The number of hydrogen-bond donors (Lipinski definition) is 1. The second kappa shape index (κ2) is 5.47. The van der Waals surface area contributed by atoms with Crippen molar-refractivity contribution in [3.63, 3.8) is 0 Å². The number of nitrogen functional groups attached to an aromatic ring is 1. The maximum Gasteiger partial charge on any atom is 0.276 e. The standard InChI is InChI=1S/C11H18N4O2/c1-4-5-8(2)14(3)11-7-9(15(16)17)6-10(12)13-11/h6-8H,4-5H2,1-3H3,(H2,12,13). The van der Waals surface area contributed by atoms with Crippen LogP contribution in [0.25, 0.3) is 0 Å². The van der Waals surface area contributed by atoms with Gasteiger partial charge in [-0.25, -0.2) is 4.98 Å². The van der Waals surface area contributed by atoms with Gasteiger partial charge in [0.05, 0.1) is 17.1 Å². The second-order valence-electron chi connectivity index (χ2n) is 4.11. The fraction of sp³-hybridized carbons (Fsp3) is 0.545. The van der Waals surface area contributed by atoms with Crippen LogP contribution in [0.5, 0.6) is 0 Å². The lowest BCUT2D eigenvalue weighted by Crippen LogP contribution is -2.29. The number of nitrogens with zero attached hydrogens (tertiary/aromatic N) is 3. The van der Waals surface area contributed by atoms with Crippen molar-refractivity contribution in [2.45, 2.75) is 32.7 Å². The first-order valence-corrected chi connectivity index (χ1v) is 5.60. The molecule has 2 N–H and O–H groups in total. The Morgan fingerprint density at radius 3 is 2.76 bits per heavy atom. The Labute approximate surface area is 101 Å². The van der Waals surface area contributed by atoms with Crippen LogP contribution in [-0.2, 0) is 0 Å². The maximum atomic E-state index is 10.7. The molecule has 0 amide bonds. The molecule has 0 saturated carbocycles. The summed E-state index contributed by atoms with van der Waals surface area (Å²) in [5, 5.41) is 10.7. The summed E-state index contributed by atoms with van der Waals surface area (Å²) < 4.78 is 0. The van der Waals surface area contributed by atoms with Gasteiger partial charge in [-0.05, 0) is 13.3 Å². The molecule has 0 spiro atoms. The van der Waals surface area contributed by atoms with Gasteiger partial charge in [-0.1, -0.05) is 13.3 Å². The molecule has 1 rings (SSSR count). The predicted octanol–water partition coefficient (Wildman–Crippen LogP) is 2.20. The van der Waals surface area contributed by atoms with Crippen LogP contribution in [0.1, 0.15) is 26.7 Å². The van der Waals surface area contributed by atoms with Crippen molar-refractivity contribution >= 4 is 17.3 Å².